The summed E-state index contributed by atoms with van der Waals surface area (Å²) in [6.45, 7) is 10.2. The quantitative estimate of drug-likeness (QED) is 0.736. The normalized spacial score (nSPS) is 15.9. The monoisotopic (exact) mass is 214 g/mol. The molecule has 3 heteroatoms. The average molecular weight is 214 g/mol. The molecule has 0 heterocycles. The van der Waals surface area contributed by atoms with Gasteiger partial charge in [0.15, 0.2) is 0 Å². The second kappa shape index (κ2) is 6.11. The van der Waals surface area contributed by atoms with Crippen LogP contribution >= 0.6 is 0 Å². The van der Waals surface area contributed by atoms with E-state index >= 15 is 0 Å². The highest BCUT2D eigenvalue weighted by Crippen LogP contribution is 2.17. The molecule has 0 saturated heterocycles. The van der Waals surface area contributed by atoms with Gasteiger partial charge in [-0.1, -0.05) is 41.0 Å². The minimum Gasteiger partial charge on any atom is -0.352 e. The third-order valence-electron chi connectivity index (χ3n) is 2.69. The Labute approximate surface area is 93.8 Å². The highest BCUT2D eigenvalue weighted by atomic mass is 16.2. The molecule has 0 aromatic rings. The molecule has 1 amide bonds. The Kier molecular flexibility index (Phi) is 5.88. The summed E-state index contributed by atoms with van der Waals surface area (Å²) >= 11 is 0. The van der Waals surface area contributed by atoms with Crippen molar-refractivity contribution >= 4 is 5.91 Å². The Balaban J connectivity index is 4.22. The van der Waals surface area contributed by atoms with Gasteiger partial charge >= 0.3 is 0 Å². The lowest BCUT2D eigenvalue weighted by molar-refractivity contribution is -0.125. The van der Waals surface area contributed by atoms with Crippen LogP contribution < -0.4 is 11.1 Å². The third-order valence-corrected chi connectivity index (χ3v) is 2.69. The molecule has 0 aromatic heterocycles. The summed E-state index contributed by atoms with van der Waals surface area (Å²) in [5.41, 5.74) is 5.71. The van der Waals surface area contributed by atoms with Crippen molar-refractivity contribution in [2.24, 2.45) is 11.1 Å². The summed E-state index contributed by atoms with van der Waals surface area (Å²) in [5, 5.41) is 3.01. The number of hydrogen-bond donors (Lipinski definition) is 2. The van der Waals surface area contributed by atoms with Crippen molar-refractivity contribution in [3.8, 4) is 0 Å². The van der Waals surface area contributed by atoms with Crippen molar-refractivity contribution in [3.63, 3.8) is 0 Å². The molecule has 0 aliphatic rings. The first kappa shape index (κ1) is 14.4. The molecule has 2 atom stereocenters. The van der Waals surface area contributed by atoms with Crippen molar-refractivity contribution in [1.29, 1.82) is 0 Å². The van der Waals surface area contributed by atoms with Crippen molar-refractivity contribution in [3.05, 3.63) is 0 Å². The molecule has 3 N–H and O–H groups in total. The molecule has 0 bridgehead atoms. The van der Waals surface area contributed by atoms with E-state index in [4.69, 9.17) is 5.73 Å². The van der Waals surface area contributed by atoms with Gasteiger partial charge in [-0.05, 0) is 18.3 Å². The first-order valence-corrected chi connectivity index (χ1v) is 5.88. The van der Waals surface area contributed by atoms with Gasteiger partial charge in [0.1, 0.15) is 0 Å². The molecular weight excluding hydrogens is 188 g/mol. The number of hydrogen-bond acceptors (Lipinski definition) is 2. The first-order valence-electron chi connectivity index (χ1n) is 5.88. The summed E-state index contributed by atoms with van der Waals surface area (Å²) in [6.07, 6.45) is 3.08. The first-order chi connectivity index (χ1) is 6.82. The minimum absolute atomic E-state index is 0.0252. The van der Waals surface area contributed by atoms with Crippen LogP contribution in [-0.4, -0.2) is 18.0 Å². The van der Waals surface area contributed by atoms with Gasteiger partial charge < -0.3 is 11.1 Å². The van der Waals surface area contributed by atoms with Gasteiger partial charge in [-0.2, -0.15) is 0 Å². The standard InChI is InChI=1S/C12H26N2O/c1-6-8-9(7-2)14-11(15)10(13)12(3,4)5/h9-10H,6-8,13H2,1-5H3,(H,14,15)/t9?,10-/m1/s1. The van der Waals surface area contributed by atoms with Gasteiger partial charge in [0.05, 0.1) is 6.04 Å². The average Bonchev–Trinajstić information content (AvgIpc) is 2.14. The number of carbonyl (C=O) groups excluding carboxylic acids is 1. The van der Waals surface area contributed by atoms with E-state index in [-0.39, 0.29) is 17.4 Å². The number of nitrogens with two attached hydrogens (primary N) is 1. The molecule has 15 heavy (non-hydrogen) atoms. The van der Waals surface area contributed by atoms with Crippen molar-refractivity contribution < 1.29 is 4.79 Å². The van der Waals surface area contributed by atoms with E-state index in [9.17, 15) is 4.79 Å². The lowest BCUT2D eigenvalue weighted by Crippen LogP contribution is -2.51. The summed E-state index contributed by atoms with van der Waals surface area (Å²) < 4.78 is 0. The van der Waals surface area contributed by atoms with E-state index in [1.54, 1.807) is 0 Å². The zero-order chi connectivity index (χ0) is 12.1. The van der Waals surface area contributed by atoms with Gasteiger partial charge in [0.2, 0.25) is 5.91 Å². The molecule has 3 nitrogen and oxygen atoms in total. The van der Waals surface area contributed by atoms with E-state index in [2.05, 4.69) is 19.2 Å². The SMILES string of the molecule is CCCC(CC)NC(=O)[C@@H](N)C(C)(C)C. The largest absolute Gasteiger partial charge is 0.352 e. The molecule has 0 radical (unpaired) electrons. The zero-order valence-corrected chi connectivity index (χ0v) is 10.8. The predicted molar refractivity (Wildman–Crippen MR) is 64.6 cm³/mol. The van der Waals surface area contributed by atoms with Crippen LogP contribution in [0.4, 0.5) is 0 Å². The predicted octanol–water partition coefficient (Wildman–Crippen LogP) is 2.05. The van der Waals surface area contributed by atoms with Crippen LogP contribution in [0.2, 0.25) is 0 Å². The summed E-state index contributed by atoms with van der Waals surface area (Å²) in [5.74, 6) is -0.0252. The molecule has 0 fully saturated rings. The van der Waals surface area contributed by atoms with Crippen molar-refractivity contribution in [2.75, 3.05) is 0 Å². The maximum Gasteiger partial charge on any atom is 0.237 e. The molecule has 0 aromatic carbocycles. The highest BCUT2D eigenvalue weighted by molar-refractivity contribution is 5.82. The Morgan fingerprint density at radius 1 is 1.33 bits per heavy atom. The molecule has 0 rings (SSSR count). The fourth-order valence-electron chi connectivity index (χ4n) is 1.41. The second-order valence-electron chi connectivity index (χ2n) is 5.25. The summed E-state index contributed by atoms with van der Waals surface area (Å²) in [4.78, 5) is 11.8. The van der Waals surface area contributed by atoms with Crippen LogP contribution in [0.1, 0.15) is 53.9 Å². The Hall–Kier alpha value is -0.570. The van der Waals surface area contributed by atoms with Crippen LogP contribution in [0.15, 0.2) is 0 Å². The topological polar surface area (TPSA) is 55.1 Å². The Morgan fingerprint density at radius 2 is 1.87 bits per heavy atom. The van der Waals surface area contributed by atoms with E-state index in [1.165, 1.54) is 0 Å². The van der Waals surface area contributed by atoms with Crippen LogP contribution in [0.25, 0.3) is 0 Å². The lowest BCUT2D eigenvalue weighted by Gasteiger charge is -2.28. The second-order valence-corrected chi connectivity index (χ2v) is 5.25. The van der Waals surface area contributed by atoms with Gasteiger partial charge in [-0.3, -0.25) is 4.79 Å². The number of amides is 1. The zero-order valence-electron chi connectivity index (χ0n) is 10.8. The van der Waals surface area contributed by atoms with Gasteiger partial charge in [-0.15, -0.1) is 0 Å². The number of rotatable bonds is 5. The molecule has 1 unspecified atom stereocenters. The minimum atomic E-state index is -0.427. The maximum atomic E-state index is 11.8. The van der Waals surface area contributed by atoms with E-state index in [0.717, 1.165) is 19.3 Å². The molecule has 0 saturated carbocycles. The van der Waals surface area contributed by atoms with Crippen LogP contribution in [0, 0.1) is 5.41 Å². The fraction of sp³-hybridized carbons (Fsp3) is 0.917. The maximum absolute atomic E-state index is 11.8. The van der Waals surface area contributed by atoms with Gasteiger partial charge in [0, 0.05) is 6.04 Å². The Bertz CT molecular complexity index is 196. The lowest BCUT2D eigenvalue weighted by atomic mass is 9.86. The van der Waals surface area contributed by atoms with E-state index in [0.29, 0.717) is 0 Å². The smallest absolute Gasteiger partial charge is 0.237 e. The molecule has 0 aliphatic heterocycles. The number of carbonyl (C=O) groups is 1. The van der Waals surface area contributed by atoms with E-state index in [1.807, 2.05) is 20.8 Å². The van der Waals surface area contributed by atoms with Gasteiger partial charge in [-0.25, -0.2) is 0 Å². The Morgan fingerprint density at radius 3 is 2.20 bits per heavy atom. The van der Waals surface area contributed by atoms with Gasteiger partial charge in [0.25, 0.3) is 0 Å². The third kappa shape index (κ3) is 5.17. The highest BCUT2D eigenvalue weighted by Gasteiger charge is 2.28. The van der Waals surface area contributed by atoms with E-state index < -0.39 is 6.04 Å². The fourth-order valence-corrected chi connectivity index (χ4v) is 1.41. The summed E-state index contributed by atoms with van der Waals surface area (Å²) in [7, 11) is 0. The van der Waals surface area contributed by atoms with Crippen molar-refractivity contribution in [2.45, 2.75) is 66.0 Å². The summed E-state index contributed by atoms with van der Waals surface area (Å²) in [6, 6.07) is -0.153. The van der Waals surface area contributed by atoms with Crippen LogP contribution in [-0.2, 0) is 4.79 Å². The molecule has 90 valence electrons. The van der Waals surface area contributed by atoms with Crippen LogP contribution in [0.3, 0.4) is 0 Å². The van der Waals surface area contributed by atoms with Crippen LogP contribution in [0.5, 0.6) is 0 Å². The molecule has 0 aliphatic carbocycles. The van der Waals surface area contributed by atoms with Crippen molar-refractivity contribution in [1.82, 2.24) is 5.32 Å². The molecule has 0 spiro atoms. The molecular formula is C12H26N2O. The number of nitrogens with one attached hydrogen (secondary N) is 1.